The van der Waals surface area contributed by atoms with Gasteiger partial charge in [0.1, 0.15) is 78.5 Å². The van der Waals surface area contributed by atoms with Gasteiger partial charge in [0.05, 0.1) is 92.7 Å². The molecule has 8 amide bonds. The number of carbonyl (C=O) groups is 16. The van der Waals surface area contributed by atoms with E-state index in [0.29, 0.717) is 11.3 Å². The van der Waals surface area contributed by atoms with E-state index in [1.54, 1.807) is 44.2 Å². The SMILES string of the molecule is CC(C)C[C@H](NC(=O)[C@@H](CC(=O)c1cnc(CSSC[C@H](NC(=O)[C@H](CCC(=O)NC[C@H](O)[C@@H](O)[C@H](O)[C@H](O)CO)CC(=O)[C@H](CCC(=O)O)NC(=O)[C@H](CCC(=O)NC[C@H](O)[C@@H](O)[C@H](O)[C@H](O)CO)CC(=O)[C@H](CCC(=O)O)NC(=O)[C@H](CCC(=O)NC[C@H](O)[C@@H](O)[C@H](O)[C@H](O)CO)CC(=O)CC[C@H](NC(=O)c2ccc(NCc3cnc4nc(N)[nH]c(=O)c4n3)cc2)C(=O)O)C(=O)O)cn1)Cc1ccccc1)B(O)O. The molecule has 0 aliphatic carbocycles. The molecule has 0 saturated carbocycles. The Bertz CT molecular complexity index is 5210. The predicted molar refractivity (Wildman–Crippen MR) is 511 cm³/mol. The van der Waals surface area contributed by atoms with Gasteiger partial charge >= 0.3 is 31.0 Å². The van der Waals surface area contributed by atoms with Gasteiger partial charge in [-0.2, -0.15) is 4.98 Å². The molecule has 0 radical (unpaired) electrons. The number of nitrogens with two attached hydrogens (primary N) is 1. The number of hydrogen-bond donors (Lipinski definition) is 32. The van der Waals surface area contributed by atoms with E-state index in [0.717, 1.165) is 27.8 Å². The maximum atomic E-state index is 15.1. The van der Waals surface area contributed by atoms with Crippen molar-refractivity contribution in [3.63, 3.8) is 0 Å². The van der Waals surface area contributed by atoms with E-state index in [9.17, 15) is 179 Å². The number of benzene rings is 2. The highest BCUT2D eigenvalue weighted by atomic mass is 33.1. The van der Waals surface area contributed by atoms with Crippen molar-refractivity contribution < 1.29 is 184 Å². The zero-order valence-electron chi connectivity index (χ0n) is 79.3. The number of carboxylic acids is 4. The number of aromatic nitrogens is 6. The Labute approximate surface area is 840 Å². The van der Waals surface area contributed by atoms with Gasteiger partial charge in [0.15, 0.2) is 28.5 Å². The molecule has 0 bridgehead atoms. The first-order valence-corrected chi connectivity index (χ1v) is 48.6. The van der Waals surface area contributed by atoms with Gasteiger partial charge in [0, 0.05) is 130 Å². The minimum absolute atomic E-state index is 0.00371. The zero-order valence-corrected chi connectivity index (χ0v) is 80.9. The molecule has 57 heteroatoms. The number of aliphatic hydroxyl groups is 15. The lowest BCUT2D eigenvalue weighted by molar-refractivity contribution is -0.142. The number of nitrogens with one attached hydrogen (secondary N) is 10. The first-order valence-electron chi connectivity index (χ1n) is 46.1. The fraction of sp³-hybridized carbons (Fsp3) is 0.573. The molecule has 146 heavy (non-hydrogen) atoms. The Balaban J connectivity index is 1.46. The highest BCUT2D eigenvalue weighted by Gasteiger charge is 2.40. The number of carboxylic acid groups (broad SMARTS) is 4. The molecular formula is C89H127BN16O38S2. The van der Waals surface area contributed by atoms with Crippen molar-refractivity contribution in [2.75, 3.05) is 56.3 Å². The van der Waals surface area contributed by atoms with Gasteiger partial charge in [-0.15, -0.1) is 0 Å². The van der Waals surface area contributed by atoms with Gasteiger partial charge in [-0.3, -0.25) is 81.9 Å². The van der Waals surface area contributed by atoms with Crippen LogP contribution in [-0.2, 0) is 85.8 Å². The summed E-state index contributed by atoms with van der Waals surface area (Å²) in [6.45, 7) is -2.42. The van der Waals surface area contributed by atoms with Crippen LogP contribution in [0.2, 0.25) is 0 Å². The second kappa shape index (κ2) is 63.3. The molecule has 5 rings (SSSR count). The number of aromatic amines is 1. The third-order valence-electron chi connectivity index (χ3n) is 22.9. The lowest BCUT2D eigenvalue weighted by Gasteiger charge is -2.26. The molecule has 3 aromatic heterocycles. The Morgan fingerprint density at radius 1 is 0.452 bits per heavy atom. The van der Waals surface area contributed by atoms with Crippen molar-refractivity contribution in [3.05, 3.63) is 112 Å². The van der Waals surface area contributed by atoms with E-state index in [1.165, 1.54) is 36.7 Å². The van der Waals surface area contributed by atoms with E-state index < -0.39 is 382 Å². The number of rotatable bonds is 72. The van der Waals surface area contributed by atoms with Crippen LogP contribution < -0.4 is 59.1 Å². The molecular weight excluding hydrogens is 1980 g/mol. The third-order valence-corrected chi connectivity index (χ3v) is 25.3. The molecule has 54 nitrogen and oxygen atoms in total. The highest BCUT2D eigenvalue weighted by molar-refractivity contribution is 8.76. The van der Waals surface area contributed by atoms with Crippen molar-refractivity contribution >= 4 is 146 Å². The minimum atomic E-state index is -2.26. The Morgan fingerprint density at radius 2 is 0.890 bits per heavy atom. The van der Waals surface area contributed by atoms with Gasteiger partial charge in [0.2, 0.25) is 47.3 Å². The van der Waals surface area contributed by atoms with Gasteiger partial charge in [-0.05, 0) is 87.1 Å². The van der Waals surface area contributed by atoms with Crippen LogP contribution in [0.15, 0.2) is 78.0 Å². The summed E-state index contributed by atoms with van der Waals surface area (Å²) in [5.41, 5.74) is 6.13. The van der Waals surface area contributed by atoms with Gasteiger partial charge < -0.3 is 161 Å². The molecule has 806 valence electrons. The van der Waals surface area contributed by atoms with E-state index in [2.05, 4.69) is 77.8 Å². The molecule has 0 saturated heterocycles. The van der Waals surface area contributed by atoms with Crippen LogP contribution in [-0.4, -0.2) is 387 Å². The van der Waals surface area contributed by atoms with Crippen molar-refractivity contribution in [1.29, 1.82) is 0 Å². The number of carbonyl (C=O) groups excluding carboxylic acids is 12. The summed E-state index contributed by atoms with van der Waals surface area (Å²) >= 11 is 0. The molecule has 0 spiro atoms. The quantitative estimate of drug-likeness (QED) is 0.00744. The summed E-state index contributed by atoms with van der Waals surface area (Å²) in [6.07, 6.45) is -35.5. The van der Waals surface area contributed by atoms with E-state index in [1.807, 2.05) is 0 Å². The molecule has 0 unspecified atom stereocenters. The van der Waals surface area contributed by atoms with Gasteiger partial charge in [-0.1, -0.05) is 65.8 Å². The summed E-state index contributed by atoms with van der Waals surface area (Å²) in [4.78, 5) is 256. The number of aliphatic hydroxyl groups excluding tert-OH is 15. The lowest BCUT2D eigenvalue weighted by Crippen LogP contribution is -2.50. The molecule has 2 aromatic carbocycles. The number of Topliss-reactive ketones (excluding diaryl/α,β-unsaturated/α-hetero) is 4. The van der Waals surface area contributed by atoms with Crippen LogP contribution in [0.4, 0.5) is 11.6 Å². The first kappa shape index (κ1) is 124. The first-order chi connectivity index (χ1) is 68.9. The highest BCUT2D eigenvalue weighted by Crippen LogP contribution is 2.29. The van der Waals surface area contributed by atoms with Crippen molar-refractivity contribution in [1.82, 2.24) is 72.4 Å². The smallest absolute Gasteiger partial charge is 0.475 e. The summed E-state index contributed by atoms with van der Waals surface area (Å²) in [7, 11) is -0.120. The van der Waals surface area contributed by atoms with Crippen LogP contribution in [0.25, 0.3) is 11.2 Å². The Hall–Kier alpha value is -12.3. The summed E-state index contributed by atoms with van der Waals surface area (Å²) < 4.78 is 0. The minimum Gasteiger partial charge on any atom is -0.481 e. The van der Waals surface area contributed by atoms with Crippen molar-refractivity contribution in [3.8, 4) is 0 Å². The van der Waals surface area contributed by atoms with Crippen LogP contribution in [0, 0.1) is 29.6 Å². The summed E-state index contributed by atoms with van der Waals surface area (Å²) in [6, 6.07) is 6.17. The number of ketones is 4. The number of fused-ring (bicyclic) bond motifs is 1. The number of anilines is 2. The average molecular weight is 2100 g/mol. The Kier molecular flexibility index (Phi) is 53.9. The van der Waals surface area contributed by atoms with Crippen LogP contribution in [0.3, 0.4) is 0 Å². The standard InChI is InChI=1S/C89H127BN16O38S2/c1-42(2)24-67(90(143)144)104-85(137)48(25-43-6-4-3-5-7-43)29-60(113)56-33-93-51(32-94-56)40-145-146-41-57(88(141)142)103-84(136)47(12-21-70(122)97-36-63(116)76(129)79(132)66(119)39-109)28-59(112)54(18-23-72(125)126)101-83(135)46(11-20-69(121)96-35-62(115)75(128)78(131)65(118)38-108)27-58(111)53(17-22-71(123)124)100-82(134)45(10-19-68(120)95-34-61(114)74(127)77(130)64(117)37-107)26-52(110)15-16-55(87(139)140)102-81(133)44-8-13-49(14-9-44)92-30-50-31-98-80-73(99-50)86(138)106-89(91)105-80/h3-9,13-14,31-33,42,45-48,53-55,57,61-67,74-79,92,107-109,114-119,127-132,143-144H,10-12,15-30,34-41H2,1-2H3,(H,95,120)(H,96,121)(H,97,122)(H,100,134)(H,101,135)(H,102,133)(H,103,136)(H,104,137)(H,123,124)(H,125,126)(H,139,140)(H,141,142)(H3,91,98,105,106,138)/t45-,46-,47-,48-,53+,54+,55+,57+,61+,62+,63+,64-,65-,66-,67+,74-,75-,76-,77-,78-,79-/m1/s1. The molecule has 33 N–H and O–H groups in total. The van der Waals surface area contributed by atoms with Gasteiger partial charge in [-0.25, -0.2) is 24.5 Å². The second-order valence-corrected chi connectivity index (χ2v) is 37.4. The Morgan fingerprint density at radius 3 is 1.32 bits per heavy atom. The normalized spacial score (nSPS) is 15.8. The number of aliphatic carboxylic acids is 4. The van der Waals surface area contributed by atoms with Crippen LogP contribution >= 0.6 is 21.6 Å². The van der Waals surface area contributed by atoms with E-state index in [4.69, 9.17) is 5.73 Å². The predicted octanol–water partition coefficient (Wildman–Crippen LogP) is -8.79. The molecule has 0 aliphatic rings. The molecule has 0 fully saturated rings. The van der Waals surface area contributed by atoms with E-state index >= 15 is 9.59 Å². The molecule has 5 aromatic rings. The molecule has 0 aliphatic heterocycles. The maximum absolute atomic E-state index is 15.1. The average Bonchev–Trinajstić information content (AvgIpc) is 0.806. The number of hydrogen-bond acceptors (Lipinski definition) is 43. The number of H-pyrrole nitrogens is 1. The fourth-order valence-electron chi connectivity index (χ4n) is 14.4. The second-order valence-electron chi connectivity index (χ2n) is 34.9. The van der Waals surface area contributed by atoms with Crippen molar-refractivity contribution in [2.24, 2.45) is 29.6 Å². The number of nitrogens with zero attached hydrogens (tertiary/aromatic N) is 5. The van der Waals surface area contributed by atoms with Crippen LogP contribution in [0.5, 0.6) is 0 Å². The third kappa shape index (κ3) is 43.4. The fourth-order valence-corrected chi connectivity index (χ4v) is 16.5. The summed E-state index contributed by atoms with van der Waals surface area (Å²) in [5, 5.41) is 233. The van der Waals surface area contributed by atoms with Gasteiger partial charge in [0.25, 0.3) is 11.5 Å². The zero-order chi connectivity index (χ0) is 109. The maximum Gasteiger partial charge on any atom is 0.475 e. The molecule has 3 heterocycles. The van der Waals surface area contributed by atoms with Crippen molar-refractivity contribution in [2.45, 2.75) is 245 Å². The summed E-state index contributed by atoms with van der Waals surface area (Å²) in [5.74, 6) is -28.4. The lowest BCUT2D eigenvalue weighted by atomic mass is 9.74. The number of amides is 8. The van der Waals surface area contributed by atoms with Crippen LogP contribution in [0.1, 0.15) is 161 Å². The number of nitrogen functional groups attached to an aromatic ring is 1. The monoisotopic (exact) mass is 2100 g/mol. The largest absolute Gasteiger partial charge is 0.481 e. The topological polar surface area (TPSA) is 930 Å². The van der Waals surface area contributed by atoms with E-state index in [-0.39, 0.29) is 70.8 Å². The molecule has 21 atom stereocenters.